The van der Waals surface area contributed by atoms with Crippen LogP contribution in [0.1, 0.15) is 23.9 Å². The van der Waals surface area contributed by atoms with Crippen molar-refractivity contribution in [1.29, 1.82) is 0 Å². The zero-order valence-electron chi connectivity index (χ0n) is 16.5. The van der Waals surface area contributed by atoms with Gasteiger partial charge in [0.2, 0.25) is 0 Å². The normalized spacial score (nSPS) is 11.7. The Hall–Kier alpha value is -3.17. The third-order valence-corrected chi connectivity index (χ3v) is 4.55. The molecule has 2 aromatic carbocycles. The maximum atomic E-state index is 12.6. The maximum Gasteiger partial charge on any atom is 0.319 e. The van der Waals surface area contributed by atoms with Crippen LogP contribution in [0.15, 0.2) is 48.5 Å². The molecule has 0 aliphatic carbocycles. The minimum absolute atomic E-state index is 0.0356. The molecule has 0 saturated heterocycles. The third kappa shape index (κ3) is 6.16. The molecule has 0 saturated carbocycles. The van der Waals surface area contributed by atoms with E-state index in [-0.39, 0.29) is 6.61 Å². The Bertz CT molecular complexity index is 946. The summed E-state index contributed by atoms with van der Waals surface area (Å²) in [4.78, 5) is 14.0. The van der Waals surface area contributed by atoms with Gasteiger partial charge >= 0.3 is 6.03 Å². The van der Waals surface area contributed by atoms with Crippen molar-refractivity contribution < 1.29 is 14.6 Å². The van der Waals surface area contributed by atoms with Crippen molar-refractivity contribution in [3.05, 3.63) is 64.9 Å². The van der Waals surface area contributed by atoms with Crippen LogP contribution in [0.5, 0.6) is 5.75 Å². The van der Waals surface area contributed by atoms with E-state index in [4.69, 9.17) is 21.4 Å². The van der Waals surface area contributed by atoms with Crippen LogP contribution in [0, 0.1) is 0 Å². The lowest BCUT2D eigenvalue weighted by Gasteiger charge is -2.16. The van der Waals surface area contributed by atoms with Crippen LogP contribution in [-0.2, 0) is 13.0 Å². The number of benzene rings is 2. The Labute approximate surface area is 179 Å². The SMILES string of the molecule is COc1ccc(CC(NC(=O)Nc2ccc(Cl)cc2)c2nnn(CCCO)n2)cc1. The Morgan fingerprint density at radius 3 is 2.60 bits per heavy atom. The maximum absolute atomic E-state index is 12.6. The Balaban J connectivity index is 1.74. The van der Waals surface area contributed by atoms with Gasteiger partial charge in [0, 0.05) is 23.7 Å². The van der Waals surface area contributed by atoms with Gasteiger partial charge in [-0.1, -0.05) is 23.7 Å². The van der Waals surface area contributed by atoms with E-state index in [1.165, 1.54) is 4.80 Å². The number of aliphatic hydroxyl groups excluding tert-OH is 1. The third-order valence-electron chi connectivity index (χ3n) is 4.30. The molecule has 1 unspecified atom stereocenters. The van der Waals surface area contributed by atoms with Crippen molar-refractivity contribution >= 4 is 23.3 Å². The van der Waals surface area contributed by atoms with Gasteiger partial charge in [-0.15, -0.1) is 10.2 Å². The molecule has 0 radical (unpaired) electrons. The summed E-state index contributed by atoms with van der Waals surface area (Å²) in [5.41, 5.74) is 1.58. The lowest BCUT2D eigenvalue weighted by Crippen LogP contribution is -2.34. The molecule has 2 amide bonds. The number of carbonyl (C=O) groups excluding carboxylic acids is 1. The molecule has 0 spiro atoms. The largest absolute Gasteiger partial charge is 0.497 e. The minimum atomic E-state index is -0.506. The number of amides is 2. The van der Waals surface area contributed by atoms with Crippen molar-refractivity contribution in [2.24, 2.45) is 0 Å². The molecule has 1 atom stereocenters. The highest BCUT2D eigenvalue weighted by molar-refractivity contribution is 6.30. The van der Waals surface area contributed by atoms with Crippen LogP contribution in [0.3, 0.4) is 0 Å². The van der Waals surface area contributed by atoms with Crippen molar-refractivity contribution in [2.45, 2.75) is 25.4 Å². The van der Waals surface area contributed by atoms with Gasteiger partial charge in [-0.25, -0.2) is 4.79 Å². The van der Waals surface area contributed by atoms with E-state index >= 15 is 0 Å². The van der Waals surface area contributed by atoms with E-state index in [0.717, 1.165) is 11.3 Å². The summed E-state index contributed by atoms with van der Waals surface area (Å²) < 4.78 is 5.19. The predicted molar refractivity (Wildman–Crippen MR) is 113 cm³/mol. The fourth-order valence-corrected chi connectivity index (χ4v) is 2.89. The monoisotopic (exact) mass is 430 g/mol. The van der Waals surface area contributed by atoms with Crippen LogP contribution in [-0.4, -0.2) is 45.1 Å². The number of ether oxygens (including phenoxy) is 1. The number of nitrogens with one attached hydrogen (secondary N) is 2. The van der Waals surface area contributed by atoms with Crippen molar-refractivity contribution in [3.8, 4) is 5.75 Å². The highest BCUT2D eigenvalue weighted by atomic mass is 35.5. The van der Waals surface area contributed by atoms with Gasteiger partial charge in [0.1, 0.15) is 5.75 Å². The van der Waals surface area contributed by atoms with Crippen LogP contribution >= 0.6 is 11.6 Å². The predicted octanol–water partition coefficient (Wildman–Crippen LogP) is 2.82. The molecule has 1 aromatic heterocycles. The fraction of sp³-hybridized carbons (Fsp3) is 0.300. The molecule has 3 aromatic rings. The number of halogens is 1. The van der Waals surface area contributed by atoms with E-state index in [1.54, 1.807) is 31.4 Å². The second kappa shape index (κ2) is 10.6. The second-order valence-electron chi connectivity index (χ2n) is 6.53. The molecule has 158 valence electrons. The first kappa shape index (κ1) is 21.5. The molecular formula is C20H23ClN6O3. The summed E-state index contributed by atoms with van der Waals surface area (Å²) >= 11 is 5.88. The van der Waals surface area contributed by atoms with Gasteiger partial charge in [-0.2, -0.15) is 4.80 Å². The lowest BCUT2D eigenvalue weighted by molar-refractivity contribution is 0.248. The van der Waals surface area contributed by atoms with Gasteiger partial charge < -0.3 is 20.5 Å². The summed E-state index contributed by atoms with van der Waals surface area (Å²) in [7, 11) is 1.61. The molecular weight excluding hydrogens is 408 g/mol. The van der Waals surface area contributed by atoms with E-state index in [0.29, 0.717) is 35.9 Å². The summed E-state index contributed by atoms with van der Waals surface area (Å²) in [6.07, 6.45) is 0.979. The van der Waals surface area contributed by atoms with Gasteiger partial charge in [0.25, 0.3) is 0 Å². The lowest BCUT2D eigenvalue weighted by atomic mass is 10.1. The molecule has 0 aliphatic rings. The van der Waals surface area contributed by atoms with Crippen molar-refractivity contribution in [1.82, 2.24) is 25.5 Å². The zero-order chi connectivity index (χ0) is 21.3. The number of tetrazole rings is 1. The van der Waals surface area contributed by atoms with Gasteiger partial charge in [0.15, 0.2) is 5.82 Å². The average Bonchev–Trinajstić information content (AvgIpc) is 3.23. The molecule has 9 nitrogen and oxygen atoms in total. The Morgan fingerprint density at radius 1 is 1.20 bits per heavy atom. The number of hydrogen-bond donors (Lipinski definition) is 3. The van der Waals surface area contributed by atoms with Crippen LogP contribution in [0.2, 0.25) is 5.02 Å². The zero-order valence-corrected chi connectivity index (χ0v) is 17.2. The minimum Gasteiger partial charge on any atom is -0.497 e. The number of aryl methyl sites for hydroxylation is 1. The number of nitrogens with zero attached hydrogens (tertiary/aromatic N) is 4. The van der Waals surface area contributed by atoms with E-state index in [1.807, 2.05) is 24.3 Å². The summed E-state index contributed by atoms with van der Waals surface area (Å²) in [5.74, 6) is 1.13. The number of rotatable bonds is 9. The molecule has 3 rings (SSSR count). The number of urea groups is 1. The van der Waals surface area contributed by atoms with Gasteiger partial charge in [-0.05, 0) is 53.6 Å². The quantitative estimate of drug-likeness (QED) is 0.481. The first-order valence-electron chi connectivity index (χ1n) is 9.42. The number of anilines is 1. The van der Waals surface area contributed by atoms with Crippen LogP contribution < -0.4 is 15.4 Å². The number of methoxy groups -OCH3 is 1. The Morgan fingerprint density at radius 2 is 1.93 bits per heavy atom. The molecule has 0 fully saturated rings. The van der Waals surface area contributed by atoms with Crippen molar-refractivity contribution in [3.63, 3.8) is 0 Å². The number of hydrogen-bond acceptors (Lipinski definition) is 6. The molecule has 1 heterocycles. The van der Waals surface area contributed by atoms with Gasteiger partial charge in [0.05, 0.1) is 19.7 Å². The molecule has 0 bridgehead atoms. The number of aliphatic hydroxyl groups is 1. The molecule has 10 heteroatoms. The highest BCUT2D eigenvalue weighted by Crippen LogP contribution is 2.19. The first-order chi connectivity index (χ1) is 14.6. The van der Waals surface area contributed by atoms with Gasteiger partial charge in [-0.3, -0.25) is 0 Å². The van der Waals surface area contributed by atoms with Crippen LogP contribution in [0.25, 0.3) is 0 Å². The Kier molecular flexibility index (Phi) is 7.58. The van der Waals surface area contributed by atoms with E-state index < -0.39 is 12.1 Å². The topological polar surface area (TPSA) is 114 Å². The fourth-order valence-electron chi connectivity index (χ4n) is 2.76. The standard InChI is InChI=1S/C20H23ClN6O3/c1-30-17-9-3-14(4-10-17)13-18(19-24-26-27(25-19)11-2-12-28)23-20(29)22-16-7-5-15(21)6-8-16/h3-10,18,28H,2,11-13H2,1H3,(H2,22,23,29). The molecule has 30 heavy (non-hydrogen) atoms. The van der Waals surface area contributed by atoms with E-state index in [9.17, 15) is 4.79 Å². The van der Waals surface area contributed by atoms with Crippen LogP contribution in [0.4, 0.5) is 10.5 Å². The first-order valence-corrected chi connectivity index (χ1v) is 9.79. The second-order valence-corrected chi connectivity index (χ2v) is 6.97. The summed E-state index contributed by atoms with van der Waals surface area (Å²) in [6.45, 7) is 0.476. The average molecular weight is 431 g/mol. The highest BCUT2D eigenvalue weighted by Gasteiger charge is 2.21. The summed E-state index contributed by atoms with van der Waals surface area (Å²) in [6, 6.07) is 13.4. The van der Waals surface area contributed by atoms with Crippen molar-refractivity contribution in [2.75, 3.05) is 19.0 Å². The molecule has 3 N–H and O–H groups in total. The number of aromatic nitrogens is 4. The number of carbonyl (C=O) groups is 1. The smallest absolute Gasteiger partial charge is 0.319 e. The van der Waals surface area contributed by atoms with E-state index in [2.05, 4.69) is 26.0 Å². The summed E-state index contributed by atoms with van der Waals surface area (Å²) in [5, 5.41) is 27.7. The molecule has 0 aliphatic heterocycles.